The molecule has 0 spiro atoms. The van der Waals surface area contributed by atoms with Crippen LogP contribution >= 0.6 is 11.8 Å². The Kier molecular flexibility index (Phi) is 3.97. The topological polar surface area (TPSA) is 42.0 Å². The number of nitrogens with one attached hydrogen (secondary N) is 1. The van der Waals surface area contributed by atoms with Gasteiger partial charge in [0.25, 0.3) is 0 Å². The normalized spacial score (nSPS) is 18.1. The zero-order valence-electron chi connectivity index (χ0n) is 12.2. The quantitative estimate of drug-likeness (QED) is 0.945. The van der Waals surface area contributed by atoms with Gasteiger partial charge in [0, 0.05) is 11.1 Å². The van der Waals surface area contributed by atoms with Crippen molar-refractivity contribution in [3.05, 3.63) is 59.4 Å². The van der Waals surface area contributed by atoms with E-state index < -0.39 is 0 Å². The lowest BCUT2D eigenvalue weighted by atomic mass is 10.1. The van der Waals surface area contributed by atoms with Crippen molar-refractivity contribution in [1.29, 1.82) is 0 Å². The predicted molar refractivity (Wildman–Crippen MR) is 85.3 cm³/mol. The lowest BCUT2D eigenvalue weighted by Gasteiger charge is -2.16. The molecule has 1 aromatic carbocycles. The molecular formula is C17H18N2OS. The van der Waals surface area contributed by atoms with Gasteiger partial charge in [0.05, 0.1) is 17.0 Å². The Morgan fingerprint density at radius 1 is 1.38 bits per heavy atom. The van der Waals surface area contributed by atoms with Crippen molar-refractivity contribution in [2.24, 2.45) is 0 Å². The standard InChI is InChI=1S/C17H18N2OS/c1-11-6-7-13-10-16(21-15(13)9-11)17(20)19-12(2)14-5-3-4-8-18-14/h3-9,12,16H,10H2,1-2H3,(H,19,20)/t12-,16-/m0/s1. The maximum Gasteiger partial charge on any atom is 0.234 e. The van der Waals surface area contributed by atoms with E-state index in [2.05, 4.69) is 35.4 Å². The highest BCUT2D eigenvalue weighted by Gasteiger charge is 2.29. The molecule has 0 unspecified atom stereocenters. The van der Waals surface area contributed by atoms with Gasteiger partial charge in [-0.25, -0.2) is 0 Å². The van der Waals surface area contributed by atoms with E-state index in [1.807, 2.05) is 25.1 Å². The van der Waals surface area contributed by atoms with Crippen LogP contribution in [-0.4, -0.2) is 16.1 Å². The van der Waals surface area contributed by atoms with Crippen molar-refractivity contribution in [2.45, 2.75) is 36.5 Å². The van der Waals surface area contributed by atoms with Crippen molar-refractivity contribution in [2.75, 3.05) is 0 Å². The number of carbonyl (C=O) groups is 1. The molecule has 0 fully saturated rings. The maximum atomic E-state index is 12.4. The van der Waals surface area contributed by atoms with E-state index in [1.165, 1.54) is 16.0 Å². The highest BCUT2D eigenvalue weighted by atomic mass is 32.2. The van der Waals surface area contributed by atoms with Crippen LogP contribution in [0.2, 0.25) is 0 Å². The summed E-state index contributed by atoms with van der Waals surface area (Å²) in [6, 6.07) is 12.1. The molecule has 1 N–H and O–H groups in total. The van der Waals surface area contributed by atoms with Crippen LogP contribution in [0.3, 0.4) is 0 Å². The summed E-state index contributed by atoms with van der Waals surface area (Å²) in [5.74, 6) is 0.0898. The fourth-order valence-corrected chi connectivity index (χ4v) is 3.79. The number of hydrogen-bond acceptors (Lipinski definition) is 3. The molecule has 2 atom stereocenters. The summed E-state index contributed by atoms with van der Waals surface area (Å²) in [6.07, 6.45) is 2.56. The zero-order chi connectivity index (χ0) is 14.8. The van der Waals surface area contributed by atoms with Crippen molar-refractivity contribution >= 4 is 17.7 Å². The number of amides is 1. The molecule has 21 heavy (non-hydrogen) atoms. The fourth-order valence-electron chi connectivity index (χ4n) is 2.49. The van der Waals surface area contributed by atoms with Gasteiger partial charge in [0.1, 0.15) is 0 Å². The number of benzene rings is 1. The molecule has 2 heterocycles. The number of thioether (sulfide) groups is 1. The van der Waals surface area contributed by atoms with Gasteiger partial charge < -0.3 is 5.32 Å². The highest BCUT2D eigenvalue weighted by Crippen LogP contribution is 2.37. The second-order valence-corrected chi connectivity index (χ2v) is 6.65. The molecule has 0 saturated carbocycles. The largest absolute Gasteiger partial charge is 0.347 e. The van der Waals surface area contributed by atoms with E-state index >= 15 is 0 Å². The summed E-state index contributed by atoms with van der Waals surface area (Å²) in [7, 11) is 0. The Morgan fingerprint density at radius 3 is 3.00 bits per heavy atom. The van der Waals surface area contributed by atoms with E-state index in [0.717, 1.165) is 12.1 Å². The summed E-state index contributed by atoms with van der Waals surface area (Å²) in [6.45, 7) is 4.05. The molecule has 1 amide bonds. The molecule has 1 aromatic heterocycles. The first-order valence-corrected chi connectivity index (χ1v) is 7.99. The minimum atomic E-state index is -0.0650. The Morgan fingerprint density at radius 2 is 2.24 bits per heavy atom. The molecular weight excluding hydrogens is 280 g/mol. The number of aromatic nitrogens is 1. The molecule has 4 heteroatoms. The summed E-state index contributed by atoms with van der Waals surface area (Å²) in [5, 5.41) is 3.03. The van der Waals surface area contributed by atoms with Gasteiger partial charge in [-0.2, -0.15) is 0 Å². The number of carbonyl (C=O) groups excluding carboxylic acids is 1. The van der Waals surface area contributed by atoms with Gasteiger partial charge in [-0.1, -0.05) is 23.8 Å². The minimum absolute atomic E-state index is 0.0343. The number of hydrogen-bond donors (Lipinski definition) is 1. The average Bonchev–Trinajstić information content (AvgIpc) is 2.91. The molecule has 3 rings (SSSR count). The van der Waals surface area contributed by atoms with Gasteiger partial charge in [-0.3, -0.25) is 9.78 Å². The van der Waals surface area contributed by atoms with E-state index in [-0.39, 0.29) is 17.2 Å². The third-order valence-corrected chi connectivity index (χ3v) is 4.98. The molecule has 1 aliphatic rings. The third-order valence-electron chi connectivity index (χ3n) is 3.68. The molecule has 108 valence electrons. The summed E-state index contributed by atoms with van der Waals surface area (Å²) in [5.41, 5.74) is 3.41. The Hall–Kier alpha value is -1.81. The molecule has 0 bridgehead atoms. The van der Waals surface area contributed by atoms with Crippen molar-refractivity contribution < 1.29 is 4.79 Å². The van der Waals surface area contributed by atoms with Crippen LogP contribution in [0, 0.1) is 6.92 Å². The number of nitrogens with zero attached hydrogens (tertiary/aromatic N) is 1. The third kappa shape index (κ3) is 3.10. The Labute approximate surface area is 129 Å². The molecule has 0 radical (unpaired) electrons. The highest BCUT2D eigenvalue weighted by molar-refractivity contribution is 8.01. The Balaban J connectivity index is 1.65. The summed E-state index contributed by atoms with van der Waals surface area (Å²) < 4.78 is 0. The summed E-state index contributed by atoms with van der Waals surface area (Å²) in [4.78, 5) is 17.9. The van der Waals surface area contributed by atoms with Gasteiger partial charge in [-0.05, 0) is 44.0 Å². The molecule has 3 nitrogen and oxygen atoms in total. The second-order valence-electron chi connectivity index (χ2n) is 5.41. The zero-order valence-corrected chi connectivity index (χ0v) is 13.0. The molecule has 0 saturated heterocycles. The van der Waals surface area contributed by atoms with Crippen molar-refractivity contribution in [3.8, 4) is 0 Å². The molecule has 2 aromatic rings. The second kappa shape index (κ2) is 5.90. The van der Waals surface area contributed by atoms with E-state index in [1.54, 1.807) is 18.0 Å². The SMILES string of the molecule is Cc1ccc2c(c1)S[C@H](C(=O)N[C@@H](C)c1ccccn1)C2. The van der Waals surface area contributed by atoms with E-state index in [9.17, 15) is 4.79 Å². The number of fused-ring (bicyclic) bond motifs is 1. The van der Waals surface area contributed by atoms with Crippen LogP contribution in [0.25, 0.3) is 0 Å². The molecule has 0 aliphatic carbocycles. The fraction of sp³-hybridized carbons (Fsp3) is 0.294. The number of pyridine rings is 1. The lowest BCUT2D eigenvalue weighted by Crippen LogP contribution is -2.34. The van der Waals surface area contributed by atoms with E-state index in [4.69, 9.17) is 0 Å². The first-order chi connectivity index (χ1) is 10.1. The summed E-state index contributed by atoms with van der Waals surface area (Å²) >= 11 is 1.66. The van der Waals surface area contributed by atoms with Crippen LogP contribution in [0.1, 0.15) is 29.8 Å². The monoisotopic (exact) mass is 298 g/mol. The van der Waals surface area contributed by atoms with Crippen molar-refractivity contribution in [3.63, 3.8) is 0 Å². The van der Waals surface area contributed by atoms with Crippen LogP contribution < -0.4 is 5.32 Å². The smallest absolute Gasteiger partial charge is 0.234 e. The van der Waals surface area contributed by atoms with Crippen LogP contribution in [0.4, 0.5) is 0 Å². The van der Waals surface area contributed by atoms with Crippen LogP contribution in [0.15, 0.2) is 47.5 Å². The average molecular weight is 298 g/mol. The van der Waals surface area contributed by atoms with Crippen molar-refractivity contribution in [1.82, 2.24) is 10.3 Å². The predicted octanol–water partition coefficient (Wildman–Crippen LogP) is 3.28. The lowest BCUT2D eigenvalue weighted by molar-refractivity contribution is -0.121. The first kappa shape index (κ1) is 14.1. The van der Waals surface area contributed by atoms with Gasteiger partial charge in [0.2, 0.25) is 5.91 Å². The van der Waals surface area contributed by atoms with Gasteiger partial charge in [0.15, 0.2) is 0 Å². The van der Waals surface area contributed by atoms with Crippen LogP contribution in [-0.2, 0) is 11.2 Å². The molecule has 1 aliphatic heterocycles. The minimum Gasteiger partial charge on any atom is -0.347 e. The number of rotatable bonds is 3. The Bertz CT molecular complexity index is 657. The van der Waals surface area contributed by atoms with Crippen LogP contribution in [0.5, 0.6) is 0 Å². The van der Waals surface area contributed by atoms with Gasteiger partial charge in [-0.15, -0.1) is 11.8 Å². The number of aryl methyl sites for hydroxylation is 1. The maximum absolute atomic E-state index is 12.4. The van der Waals surface area contributed by atoms with E-state index in [0.29, 0.717) is 0 Å². The first-order valence-electron chi connectivity index (χ1n) is 7.11. The van der Waals surface area contributed by atoms with Gasteiger partial charge >= 0.3 is 0 Å².